The Labute approximate surface area is 344 Å². The van der Waals surface area contributed by atoms with Crippen LogP contribution in [0, 0.1) is 17.8 Å². The number of amides is 4. The number of fused-ring (bicyclic) bond motifs is 3. The maximum atomic E-state index is 15.4. The summed E-state index contributed by atoms with van der Waals surface area (Å²) in [6, 6.07) is 5.97. The molecule has 59 heavy (non-hydrogen) atoms. The molecule has 2 aliphatic carbocycles. The van der Waals surface area contributed by atoms with Crippen LogP contribution in [0.3, 0.4) is 0 Å². The van der Waals surface area contributed by atoms with E-state index in [-0.39, 0.29) is 49.6 Å². The molecule has 1 aromatic heterocycles. The van der Waals surface area contributed by atoms with Crippen LogP contribution in [0.25, 0.3) is 10.8 Å². The van der Waals surface area contributed by atoms with Crippen LogP contribution < -0.4 is 19.5 Å². The van der Waals surface area contributed by atoms with Gasteiger partial charge in [0, 0.05) is 30.7 Å². The number of carbonyl (C=O) groups excluding carboxylic acids is 3. The molecule has 324 valence electrons. The predicted octanol–water partition coefficient (Wildman–Crippen LogP) is 6.04. The number of benzene rings is 1. The van der Waals surface area contributed by atoms with Crippen LogP contribution in [0.15, 0.2) is 42.5 Å². The number of sulfonamides is 1. The van der Waals surface area contributed by atoms with Gasteiger partial charge >= 0.3 is 6.09 Å². The Hall–Kier alpha value is -4.54. The van der Waals surface area contributed by atoms with Crippen molar-refractivity contribution in [2.45, 2.75) is 146 Å². The smallest absolute Gasteiger partial charge is 0.408 e. The number of nitrogens with zero attached hydrogens (tertiary/aromatic N) is 3. The number of nitrogens with one attached hydrogen (secondary N) is 2. The minimum absolute atomic E-state index is 0.0915. The first kappa shape index (κ1) is 44.0. The van der Waals surface area contributed by atoms with Gasteiger partial charge in [0.05, 0.1) is 17.4 Å². The van der Waals surface area contributed by atoms with E-state index in [4.69, 9.17) is 9.47 Å². The van der Waals surface area contributed by atoms with E-state index in [9.17, 15) is 27.9 Å². The maximum absolute atomic E-state index is 15.4. The first-order chi connectivity index (χ1) is 27.4. The van der Waals surface area contributed by atoms with E-state index in [2.05, 4.69) is 15.0 Å². The van der Waals surface area contributed by atoms with Crippen LogP contribution in [-0.4, -0.2) is 105 Å². The highest BCUT2D eigenvalue weighted by molar-refractivity contribution is 7.91. The van der Waals surface area contributed by atoms with Gasteiger partial charge in [0.2, 0.25) is 33.6 Å². The topological polar surface area (TPSA) is 185 Å². The molecule has 0 spiro atoms. The largest absolute Gasteiger partial charge is 0.475 e. The molecule has 1 saturated heterocycles. The minimum Gasteiger partial charge on any atom is -0.475 e. The molecule has 2 aliphatic heterocycles. The van der Waals surface area contributed by atoms with E-state index in [1.54, 1.807) is 38.1 Å². The molecule has 2 saturated carbocycles. The Balaban J connectivity index is 1.44. The number of alkyl halides is 2. The number of ether oxygens (including phenoxy) is 2. The van der Waals surface area contributed by atoms with Gasteiger partial charge in [-0.3, -0.25) is 24.0 Å². The van der Waals surface area contributed by atoms with E-state index >= 15 is 13.6 Å². The van der Waals surface area contributed by atoms with E-state index in [1.807, 2.05) is 39.0 Å². The molecule has 14 nitrogen and oxygen atoms in total. The van der Waals surface area contributed by atoms with Crippen LogP contribution in [-0.2, 0) is 24.4 Å². The number of halogens is 2. The van der Waals surface area contributed by atoms with Crippen molar-refractivity contribution in [3.05, 3.63) is 42.5 Å². The highest BCUT2D eigenvalue weighted by Gasteiger charge is 2.63. The van der Waals surface area contributed by atoms with Gasteiger partial charge in [0.25, 0.3) is 11.8 Å². The zero-order chi connectivity index (χ0) is 43.5. The molecule has 7 atom stereocenters. The number of pyridine rings is 1. The normalized spacial score (nSPS) is 29.3. The Morgan fingerprint density at radius 1 is 1.12 bits per heavy atom. The summed E-state index contributed by atoms with van der Waals surface area (Å²) in [5.74, 6) is -7.21. The van der Waals surface area contributed by atoms with E-state index in [0.29, 0.717) is 42.9 Å². The van der Waals surface area contributed by atoms with E-state index < -0.39 is 85.6 Å². The molecule has 17 heteroatoms. The summed E-state index contributed by atoms with van der Waals surface area (Å²) in [5, 5.41) is 14.8. The zero-order valence-corrected chi connectivity index (χ0v) is 35.8. The number of hydrogen-bond acceptors (Lipinski definition) is 9. The van der Waals surface area contributed by atoms with Gasteiger partial charge < -0.3 is 24.8 Å². The lowest BCUT2D eigenvalue weighted by atomic mass is 9.84. The molecule has 1 aromatic carbocycles. The predicted molar refractivity (Wildman–Crippen MR) is 215 cm³/mol. The quantitative estimate of drug-likeness (QED) is 0.239. The van der Waals surface area contributed by atoms with Gasteiger partial charge in [-0.05, 0) is 96.4 Å². The van der Waals surface area contributed by atoms with E-state index in [0.717, 1.165) is 24.1 Å². The van der Waals surface area contributed by atoms with Crippen molar-refractivity contribution < 1.29 is 51.0 Å². The molecule has 2 aromatic rings. The number of carbonyl (C=O) groups is 4. The van der Waals surface area contributed by atoms with Crippen LogP contribution in [0.1, 0.15) is 100 Å². The Morgan fingerprint density at radius 2 is 1.80 bits per heavy atom. The van der Waals surface area contributed by atoms with Crippen LogP contribution >= 0.6 is 0 Å². The van der Waals surface area contributed by atoms with Gasteiger partial charge in [0.15, 0.2) is 0 Å². The SMILES string of the molecule is CC(C)Oc1cc2ccccc2c(O[C@@H]2C[C@H]3C(=O)N[C@]4(C(=O)NS(=O)(=O)C5(C)CC5)C[C@H]4/C=C\CC[C@@H](C)C[C@@H](C)[C@H](N(C(=O)O)C(C)(C)C(C)(F)F)C(=O)N3C2)n1. The minimum atomic E-state index is -4.09. The van der Waals surface area contributed by atoms with Crippen molar-refractivity contribution >= 4 is 44.6 Å². The Kier molecular flexibility index (Phi) is 11.8. The standard InChI is InChI=1S/C42H57F2N5O9S/c1-24(2)57-32-20-27-14-10-12-16-30(27)35(45-32)58-29-21-31-34(50)46-42(37(52)47-59(55,56)40(7)17-18-40)22-28(42)15-11-9-13-25(3)19-26(4)33(36(51)48(31)23-29)49(38(53)54)39(5,6)41(8,43)44/h10-12,14-16,20,24-26,28-29,31,33H,9,13,17-19,21-23H2,1-8H3,(H,46,50)(H,47,52)(H,53,54)/b15-11-/t25-,26-,28-,29-,31+,33+,42-/m1/s1. The molecular weight excluding hydrogens is 789 g/mol. The fourth-order valence-electron chi connectivity index (χ4n) is 8.35. The lowest BCUT2D eigenvalue weighted by molar-refractivity contribution is -0.156. The van der Waals surface area contributed by atoms with Crippen molar-refractivity contribution in [1.29, 1.82) is 0 Å². The first-order valence-electron chi connectivity index (χ1n) is 20.4. The Bertz CT molecular complexity index is 2120. The molecule has 3 fully saturated rings. The number of aromatic nitrogens is 1. The summed E-state index contributed by atoms with van der Waals surface area (Å²) in [6.07, 6.45) is 2.83. The fraction of sp³-hybridized carbons (Fsp3) is 0.643. The highest BCUT2D eigenvalue weighted by Crippen LogP contribution is 2.48. The fourth-order valence-corrected chi connectivity index (χ4v) is 9.66. The number of hydrogen-bond donors (Lipinski definition) is 3. The number of rotatable bonds is 10. The Morgan fingerprint density at radius 3 is 2.42 bits per heavy atom. The van der Waals surface area contributed by atoms with E-state index in [1.165, 1.54) is 0 Å². The zero-order valence-electron chi connectivity index (χ0n) is 35.0. The van der Waals surface area contributed by atoms with Crippen LogP contribution in [0.4, 0.5) is 13.6 Å². The van der Waals surface area contributed by atoms with Gasteiger partial charge in [0.1, 0.15) is 29.3 Å². The van der Waals surface area contributed by atoms with Gasteiger partial charge in [-0.25, -0.2) is 22.0 Å². The average molecular weight is 846 g/mol. The van der Waals surface area contributed by atoms with Crippen LogP contribution in [0.2, 0.25) is 0 Å². The second-order valence-corrected chi connectivity index (χ2v) is 20.4. The molecule has 4 amide bonds. The summed E-state index contributed by atoms with van der Waals surface area (Å²) in [7, 11) is -4.09. The summed E-state index contributed by atoms with van der Waals surface area (Å²) in [6.45, 7) is 11.3. The van der Waals surface area contributed by atoms with Gasteiger partial charge in [-0.2, -0.15) is 4.98 Å². The van der Waals surface area contributed by atoms with Crippen molar-refractivity contribution in [2.75, 3.05) is 6.54 Å². The first-order valence-corrected chi connectivity index (χ1v) is 21.9. The number of carboxylic acid groups (broad SMARTS) is 1. The summed E-state index contributed by atoms with van der Waals surface area (Å²) in [4.78, 5) is 63.3. The van der Waals surface area contributed by atoms with Gasteiger partial charge in [-0.15, -0.1) is 0 Å². The number of allylic oxidation sites excluding steroid dienone is 1. The molecule has 3 heterocycles. The molecule has 4 aliphatic rings. The van der Waals surface area contributed by atoms with Crippen LogP contribution in [0.5, 0.6) is 11.8 Å². The third-order valence-electron chi connectivity index (χ3n) is 12.7. The second kappa shape index (κ2) is 15.8. The lowest BCUT2D eigenvalue weighted by Crippen LogP contribution is -2.66. The maximum Gasteiger partial charge on any atom is 0.408 e. The summed E-state index contributed by atoms with van der Waals surface area (Å²) >= 11 is 0. The average Bonchev–Trinajstić information content (AvgIpc) is 4.01. The second-order valence-electron chi connectivity index (χ2n) is 18.2. The highest BCUT2D eigenvalue weighted by atomic mass is 32.2. The molecular formula is C42H57F2N5O9S. The third kappa shape index (κ3) is 8.71. The van der Waals surface area contributed by atoms with Crippen molar-refractivity contribution in [1.82, 2.24) is 24.8 Å². The molecule has 0 unspecified atom stereocenters. The lowest BCUT2D eigenvalue weighted by Gasteiger charge is -2.47. The van der Waals surface area contributed by atoms with Crippen molar-refractivity contribution in [3.63, 3.8) is 0 Å². The molecule has 0 radical (unpaired) electrons. The molecule has 0 bridgehead atoms. The summed E-state index contributed by atoms with van der Waals surface area (Å²) in [5.41, 5.74) is -4.04. The van der Waals surface area contributed by atoms with Crippen molar-refractivity contribution in [2.24, 2.45) is 17.8 Å². The van der Waals surface area contributed by atoms with Crippen molar-refractivity contribution in [3.8, 4) is 11.8 Å². The van der Waals surface area contributed by atoms with Gasteiger partial charge in [-0.1, -0.05) is 44.2 Å². The third-order valence-corrected chi connectivity index (χ3v) is 14.8. The molecule has 6 rings (SSSR count). The monoisotopic (exact) mass is 845 g/mol. The summed E-state index contributed by atoms with van der Waals surface area (Å²) < 4.78 is 70.8. The molecule has 3 N–H and O–H groups in total.